The average Bonchev–Trinajstić information content (AvgIpc) is 2.57. The molecule has 2 aliphatic heterocycles. The van der Waals surface area contributed by atoms with Gasteiger partial charge in [0, 0.05) is 31.7 Å². The Hall–Kier alpha value is -2.12. The van der Waals surface area contributed by atoms with Crippen LogP contribution in [0.5, 0.6) is 5.75 Å². The summed E-state index contributed by atoms with van der Waals surface area (Å²) in [5, 5.41) is 26.9. The minimum atomic E-state index is -0.542. The van der Waals surface area contributed by atoms with E-state index in [1.807, 2.05) is 24.1 Å². The fourth-order valence-electron chi connectivity index (χ4n) is 3.36. The largest absolute Gasteiger partial charge is 0.508 e. The smallest absolute Gasteiger partial charge is 0.290 e. The standard InChI is InChI=1S/C16H22N2O3.CH2O2/c1-17-7-6-15(20)13(10-17)16(21)18-8-5-12-11(9-18)3-2-4-14(12)19;2-1-3/h2-4,13,15,19-20H,5-10H2,1H3;1H,(H,2,3)/t13-,15-;/m1./s1. The van der Waals surface area contributed by atoms with Crippen LogP contribution in [0.1, 0.15) is 17.5 Å². The van der Waals surface area contributed by atoms with Crippen molar-refractivity contribution in [2.24, 2.45) is 5.92 Å². The van der Waals surface area contributed by atoms with Gasteiger partial charge < -0.3 is 25.1 Å². The number of fused-ring (bicyclic) bond motifs is 1. The maximum atomic E-state index is 12.7. The van der Waals surface area contributed by atoms with Crippen molar-refractivity contribution in [2.45, 2.75) is 25.5 Å². The molecule has 2 aliphatic rings. The number of carbonyl (C=O) groups is 2. The number of benzene rings is 1. The Labute approximate surface area is 141 Å². The zero-order valence-electron chi connectivity index (χ0n) is 13.8. The third kappa shape index (κ3) is 4.04. The van der Waals surface area contributed by atoms with Crippen molar-refractivity contribution in [2.75, 3.05) is 26.7 Å². The number of nitrogens with zero attached hydrogens (tertiary/aromatic N) is 2. The minimum Gasteiger partial charge on any atom is -0.508 e. The molecule has 2 atom stereocenters. The first-order valence-electron chi connectivity index (χ1n) is 8.01. The Balaban J connectivity index is 0.000000647. The molecule has 0 saturated carbocycles. The first kappa shape index (κ1) is 18.2. The molecule has 1 aromatic rings. The highest BCUT2D eigenvalue weighted by molar-refractivity contribution is 5.80. The lowest BCUT2D eigenvalue weighted by atomic mass is 9.91. The average molecular weight is 336 g/mol. The lowest BCUT2D eigenvalue weighted by Gasteiger charge is -2.37. The summed E-state index contributed by atoms with van der Waals surface area (Å²) < 4.78 is 0. The van der Waals surface area contributed by atoms with Gasteiger partial charge in [0.25, 0.3) is 6.47 Å². The number of phenols is 1. The second-order valence-corrected chi connectivity index (χ2v) is 6.25. The Bertz CT molecular complexity index is 592. The van der Waals surface area contributed by atoms with Crippen molar-refractivity contribution in [3.05, 3.63) is 29.3 Å². The van der Waals surface area contributed by atoms with Gasteiger partial charge in [0.05, 0.1) is 12.0 Å². The molecule has 1 fully saturated rings. The number of hydrogen-bond donors (Lipinski definition) is 3. The van der Waals surface area contributed by atoms with E-state index in [1.54, 1.807) is 6.07 Å². The molecule has 0 unspecified atom stereocenters. The topological polar surface area (TPSA) is 101 Å². The van der Waals surface area contributed by atoms with Gasteiger partial charge in [-0.3, -0.25) is 9.59 Å². The van der Waals surface area contributed by atoms with Crippen molar-refractivity contribution in [3.63, 3.8) is 0 Å². The Kier molecular flexibility index (Phi) is 6.16. The third-order valence-electron chi connectivity index (χ3n) is 4.65. The SMILES string of the molecule is CN1CC[C@@H](O)[C@H](C(=O)N2CCc3c(O)cccc3C2)C1.O=CO. The first-order chi connectivity index (χ1) is 11.5. The van der Waals surface area contributed by atoms with E-state index in [0.29, 0.717) is 38.2 Å². The van der Waals surface area contributed by atoms with Gasteiger partial charge in [0.2, 0.25) is 5.91 Å². The molecule has 7 nitrogen and oxygen atoms in total. The zero-order chi connectivity index (χ0) is 17.7. The Morgan fingerprint density at radius 3 is 2.75 bits per heavy atom. The summed E-state index contributed by atoms with van der Waals surface area (Å²) in [6, 6.07) is 5.46. The summed E-state index contributed by atoms with van der Waals surface area (Å²) in [5.74, 6) is 0.0164. The minimum absolute atomic E-state index is 0.0306. The highest BCUT2D eigenvalue weighted by Crippen LogP contribution is 2.28. The predicted molar refractivity (Wildman–Crippen MR) is 87.5 cm³/mol. The lowest BCUT2D eigenvalue weighted by molar-refractivity contribution is -0.143. The highest BCUT2D eigenvalue weighted by atomic mass is 16.3. The normalized spacial score (nSPS) is 23.7. The molecule has 1 amide bonds. The second kappa shape index (κ2) is 8.12. The van der Waals surface area contributed by atoms with Crippen molar-refractivity contribution in [1.29, 1.82) is 0 Å². The van der Waals surface area contributed by atoms with Gasteiger partial charge in [-0.1, -0.05) is 12.1 Å². The molecular weight excluding hydrogens is 312 g/mol. The number of carbonyl (C=O) groups excluding carboxylic acids is 1. The maximum Gasteiger partial charge on any atom is 0.290 e. The van der Waals surface area contributed by atoms with Crippen LogP contribution in [0.15, 0.2) is 18.2 Å². The van der Waals surface area contributed by atoms with Crippen LogP contribution in [0.25, 0.3) is 0 Å². The van der Waals surface area contributed by atoms with E-state index in [0.717, 1.165) is 17.7 Å². The van der Waals surface area contributed by atoms with Crippen molar-refractivity contribution in [3.8, 4) is 5.75 Å². The molecule has 1 aromatic carbocycles. The number of carboxylic acid groups (broad SMARTS) is 1. The number of aromatic hydroxyl groups is 1. The van der Waals surface area contributed by atoms with Crippen LogP contribution < -0.4 is 0 Å². The van der Waals surface area contributed by atoms with Crippen molar-refractivity contribution < 1.29 is 24.9 Å². The third-order valence-corrected chi connectivity index (χ3v) is 4.65. The van der Waals surface area contributed by atoms with E-state index in [2.05, 4.69) is 4.90 Å². The quantitative estimate of drug-likeness (QED) is 0.637. The number of hydrogen-bond acceptors (Lipinski definition) is 5. The van der Waals surface area contributed by atoms with Crippen LogP contribution in [0.2, 0.25) is 0 Å². The summed E-state index contributed by atoms with van der Waals surface area (Å²) in [6.07, 6.45) is 0.782. The number of likely N-dealkylation sites (tertiary alicyclic amines) is 1. The maximum absolute atomic E-state index is 12.7. The molecule has 132 valence electrons. The summed E-state index contributed by atoms with van der Waals surface area (Å²) in [4.78, 5) is 25.0. The van der Waals surface area contributed by atoms with E-state index in [1.165, 1.54) is 0 Å². The molecule has 3 rings (SSSR count). The monoisotopic (exact) mass is 336 g/mol. The molecule has 24 heavy (non-hydrogen) atoms. The van der Waals surface area contributed by atoms with Crippen LogP contribution in [0.4, 0.5) is 0 Å². The number of rotatable bonds is 1. The van der Waals surface area contributed by atoms with Crippen molar-refractivity contribution in [1.82, 2.24) is 9.80 Å². The molecular formula is C17H24N2O5. The fourth-order valence-corrected chi connectivity index (χ4v) is 3.36. The van der Waals surface area contributed by atoms with Crippen LogP contribution in [-0.2, 0) is 22.6 Å². The highest BCUT2D eigenvalue weighted by Gasteiger charge is 2.35. The molecule has 0 aliphatic carbocycles. The van der Waals surface area contributed by atoms with E-state index in [-0.39, 0.29) is 18.3 Å². The van der Waals surface area contributed by atoms with Crippen LogP contribution in [0.3, 0.4) is 0 Å². The molecule has 3 N–H and O–H groups in total. The number of aliphatic hydroxyl groups excluding tert-OH is 1. The van der Waals surface area contributed by atoms with Gasteiger partial charge in [-0.2, -0.15) is 0 Å². The van der Waals surface area contributed by atoms with E-state index < -0.39 is 6.10 Å². The van der Waals surface area contributed by atoms with E-state index >= 15 is 0 Å². The summed E-state index contributed by atoms with van der Waals surface area (Å²) >= 11 is 0. The fraction of sp³-hybridized carbons (Fsp3) is 0.529. The van der Waals surface area contributed by atoms with Crippen molar-refractivity contribution >= 4 is 12.4 Å². The van der Waals surface area contributed by atoms with E-state index in [9.17, 15) is 15.0 Å². The number of phenolic OH excluding ortho intramolecular Hbond substituents is 1. The Morgan fingerprint density at radius 1 is 1.33 bits per heavy atom. The van der Waals surface area contributed by atoms with Crippen LogP contribution in [-0.4, -0.2) is 70.3 Å². The molecule has 0 radical (unpaired) electrons. The van der Waals surface area contributed by atoms with Gasteiger partial charge in [-0.05, 0) is 31.5 Å². The number of amides is 1. The molecule has 0 spiro atoms. The van der Waals surface area contributed by atoms with Crippen LogP contribution in [0, 0.1) is 5.92 Å². The summed E-state index contributed by atoms with van der Waals surface area (Å²) in [5.41, 5.74) is 1.95. The summed E-state index contributed by atoms with van der Waals surface area (Å²) in [6.45, 7) is 2.33. The van der Waals surface area contributed by atoms with E-state index in [4.69, 9.17) is 9.90 Å². The zero-order valence-corrected chi connectivity index (χ0v) is 13.8. The second-order valence-electron chi connectivity index (χ2n) is 6.25. The Morgan fingerprint density at radius 2 is 2.04 bits per heavy atom. The van der Waals surface area contributed by atoms with Gasteiger partial charge in [-0.25, -0.2) is 0 Å². The molecule has 0 aromatic heterocycles. The summed E-state index contributed by atoms with van der Waals surface area (Å²) in [7, 11) is 1.98. The van der Waals surface area contributed by atoms with Gasteiger partial charge in [-0.15, -0.1) is 0 Å². The molecule has 2 heterocycles. The predicted octanol–water partition coefficient (Wildman–Crippen LogP) is 0.290. The first-order valence-corrected chi connectivity index (χ1v) is 8.01. The molecule has 0 bridgehead atoms. The number of piperidine rings is 1. The van der Waals surface area contributed by atoms with Gasteiger partial charge in [0.1, 0.15) is 5.75 Å². The lowest BCUT2D eigenvalue weighted by Crippen LogP contribution is -2.50. The molecule has 7 heteroatoms. The van der Waals surface area contributed by atoms with Gasteiger partial charge >= 0.3 is 0 Å². The molecule has 1 saturated heterocycles. The van der Waals surface area contributed by atoms with Gasteiger partial charge in [0.15, 0.2) is 0 Å². The number of aliphatic hydroxyl groups is 1. The van der Waals surface area contributed by atoms with Crippen LogP contribution >= 0.6 is 0 Å².